The summed E-state index contributed by atoms with van der Waals surface area (Å²) in [4.78, 5) is 19.7. The highest BCUT2D eigenvalue weighted by molar-refractivity contribution is 7.80. The lowest BCUT2D eigenvalue weighted by molar-refractivity contribution is 0.264. The van der Waals surface area contributed by atoms with Crippen molar-refractivity contribution in [2.75, 3.05) is 40.3 Å². The van der Waals surface area contributed by atoms with Crippen LogP contribution in [0.3, 0.4) is 0 Å². The van der Waals surface area contributed by atoms with E-state index in [-0.39, 0.29) is 12.2 Å². The van der Waals surface area contributed by atoms with Crippen LogP contribution in [-0.2, 0) is 6.54 Å². The fourth-order valence-electron chi connectivity index (χ4n) is 3.06. The van der Waals surface area contributed by atoms with Crippen LogP contribution in [0.4, 0.5) is 0 Å². The molecule has 0 fully saturated rings. The van der Waals surface area contributed by atoms with Crippen molar-refractivity contribution < 1.29 is 5.11 Å². The van der Waals surface area contributed by atoms with Crippen molar-refractivity contribution >= 4 is 28.2 Å². The smallest absolute Gasteiger partial charge is 0.253 e. The summed E-state index contributed by atoms with van der Waals surface area (Å²) in [7, 11) is 4.09. The first-order chi connectivity index (χ1) is 13.3. The van der Waals surface area contributed by atoms with E-state index in [4.69, 9.17) is 12.2 Å². The van der Waals surface area contributed by atoms with Crippen molar-refractivity contribution in [2.45, 2.75) is 33.2 Å². The number of benzene rings is 1. The number of nitrogens with zero attached hydrogens (tertiary/aromatic N) is 2. The summed E-state index contributed by atoms with van der Waals surface area (Å²) >= 11 is 5.55. The summed E-state index contributed by atoms with van der Waals surface area (Å²) in [6.45, 7) is 6.97. The van der Waals surface area contributed by atoms with Gasteiger partial charge in [0.05, 0.1) is 6.54 Å². The van der Waals surface area contributed by atoms with Crippen LogP contribution in [0.1, 0.15) is 29.5 Å². The molecule has 0 aliphatic carbocycles. The molecule has 0 saturated carbocycles. The van der Waals surface area contributed by atoms with E-state index in [1.165, 1.54) is 5.56 Å². The number of fused-ring (bicyclic) bond motifs is 1. The number of nitrogens with one attached hydrogen (secondary N) is 2. The van der Waals surface area contributed by atoms with E-state index in [2.05, 4.69) is 28.2 Å². The van der Waals surface area contributed by atoms with Gasteiger partial charge >= 0.3 is 0 Å². The van der Waals surface area contributed by atoms with Gasteiger partial charge in [-0.1, -0.05) is 0 Å². The minimum Gasteiger partial charge on any atom is -0.396 e. The number of aromatic amines is 1. The number of aliphatic hydroxyl groups is 1. The van der Waals surface area contributed by atoms with E-state index in [0.29, 0.717) is 30.2 Å². The normalized spacial score (nSPS) is 11.2. The predicted octanol–water partition coefficient (Wildman–Crippen LogP) is 2.16. The Kier molecular flexibility index (Phi) is 8.41. The van der Waals surface area contributed by atoms with Crippen LogP contribution in [0.25, 0.3) is 10.9 Å². The third-order valence-corrected chi connectivity index (χ3v) is 5.23. The summed E-state index contributed by atoms with van der Waals surface area (Å²) in [5.74, 6) is 0. The molecule has 1 aromatic heterocycles. The molecular weight excluding hydrogens is 372 g/mol. The standard InChI is InChI=1S/C21H32N4O2S/c1-15-11-17-13-18(20(27)23-19(17)12-16(15)2)14-25(9-6-10-26)21(28)22-7-5-8-24(3)4/h11-13,26H,5-10,14H2,1-4H3,(H,22,28)(H,23,27). The third kappa shape index (κ3) is 6.29. The monoisotopic (exact) mass is 404 g/mol. The zero-order valence-corrected chi connectivity index (χ0v) is 18.2. The molecule has 0 aliphatic rings. The molecule has 0 bridgehead atoms. The lowest BCUT2D eigenvalue weighted by Crippen LogP contribution is -2.41. The van der Waals surface area contributed by atoms with E-state index in [0.717, 1.165) is 36.0 Å². The SMILES string of the molecule is Cc1cc2cc(CN(CCCO)C(=S)NCCCN(C)C)c(=O)[nH]c2cc1C. The van der Waals surface area contributed by atoms with Crippen molar-refractivity contribution in [2.24, 2.45) is 0 Å². The molecule has 2 rings (SSSR count). The Balaban J connectivity index is 2.16. The van der Waals surface area contributed by atoms with Gasteiger partial charge in [-0.25, -0.2) is 0 Å². The average Bonchev–Trinajstić information content (AvgIpc) is 2.64. The van der Waals surface area contributed by atoms with E-state index < -0.39 is 0 Å². The molecule has 7 heteroatoms. The van der Waals surface area contributed by atoms with Crippen LogP contribution in [-0.4, -0.2) is 65.3 Å². The van der Waals surface area contributed by atoms with Crippen LogP contribution in [0, 0.1) is 13.8 Å². The van der Waals surface area contributed by atoms with Crippen molar-refractivity contribution in [1.82, 2.24) is 20.1 Å². The lowest BCUT2D eigenvalue weighted by Gasteiger charge is -2.26. The number of hydrogen-bond acceptors (Lipinski definition) is 4. The number of rotatable bonds is 9. The van der Waals surface area contributed by atoms with Crippen LogP contribution < -0.4 is 10.9 Å². The highest BCUT2D eigenvalue weighted by Gasteiger charge is 2.13. The number of pyridine rings is 1. The van der Waals surface area contributed by atoms with Gasteiger partial charge in [-0.05, 0) is 94.3 Å². The molecule has 0 saturated heterocycles. The molecule has 0 radical (unpaired) electrons. The molecule has 3 N–H and O–H groups in total. The molecule has 2 aromatic rings. The number of thiocarbonyl (C=S) groups is 1. The largest absolute Gasteiger partial charge is 0.396 e. The van der Waals surface area contributed by atoms with E-state index in [9.17, 15) is 9.90 Å². The minimum absolute atomic E-state index is 0.0896. The van der Waals surface area contributed by atoms with Crippen LogP contribution in [0.5, 0.6) is 0 Å². The Labute approximate surface area is 172 Å². The molecular formula is C21H32N4O2S. The van der Waals surface area contributed by atoms with Gasteiger partial charge in [0.1, 0.15) is 0 Å². The van der Waals surface area contributed by atoms with Crippen molar-refractivity contribution in [3.63, 3.8) is 0 Å². The molecule has 28 heavy (non-hydrogen) atoms. The number of aryl methyl sites for hydroxylation is 2. The van der Waals surface area contributed by atoms with Gasteiger partial charge in [-0.3, -0.25) is 4.79 Å². The first kappa shape index (κ1) is 22.3. The second-order valence-electron chi connectivity index (χ2n) is 7.53. The molecule has 6 nitrogen and oxygen atoms in total. The number of aromatic nitrogens is 1. The molecule has 0 atom stereocenters. The van der Waals surface area contributed by atoms with Crippen molar-refractivity contribution in [3.05, 3.63) is 45.2 Å². The van der Waals surface area contributed by atoms with E-state index in [1.807, 2.05) is 38.1 Å². The first-order valence-corrected chi connectivity index (χ1v) is 10.1. The van der Waals surface area contributed by atoms with Crippen LogP contribution in [0.15, 0.2) is 23.0 Å². The molecule has 0 unspecified atom stereocenters. The second-order valence-corrected chi connectivity index (χ2v) is 7.92. The van der Waals surface area contributed by atoms with Gasteiger partial charge < -0.3 is 25.2 Å². The number of hydrogen-bond donors (Lipinski definition) is 3. The molecule has 154 valence electrons. The van der Waals surface area contributed by atoms with Crippen LogP contribution >= 0.6 is 12.2 Å². The quantitative estimate of drug-likeness (QED) is 0.439. The maximum absolute atomic E-state index is 12.6. The predicted molar refractivity (Wildman–Crippen MR) is 120 cm³/mol. The van der Waals surface area contributed by atoms with Gasteiger partial charge in [0.2, 0.25) is 0 Å². The molecule has 1 heterocycles. The number of H-pyrrole nitrogens is 1. The average molecular weight is 405 g/mol. The molecule has 0 aliphatic heterocycles. The second kappa shape index (κ2) is 10.5. The Morgan fingerprint density at radius 1 is 1.14 bits per heavy atom. The highest BCUT2D eigenvalue weighted by atomic mass is 32.1. The van der Waals surface area contributed by atoms with Gasteiger partial charge in [0.15, 0.2) is 5.11 Å². The minimum atomic E-state index is -0.0971. The Morgan fingerprint density at radius 2 is 1.86 bits per heavy atom. The third-order valence-electron chi connectivity index (χ3n) is 4.83. The van der Waals surface area contributed by atoms with Gasteiger partial charge in [-0.2, -0.15) is 0 Å². The van der Waals surface area contributed by atoms with Crippen molar-refractivity contribution in [1.29, 1.82) is 0 Å². The Bertz CT molecular complexity index is 863. The lowest BCUT2D eigenvalue weighted by atomic mass is 10.0. The summed E-state index contributed by atoms with van der Waals surface area (Å²) in [5.41, 5.74) is 3.78. The first-order valence-electron chi connectivity index (χ1n) is 9.73. The summed E-state index contributed by atoms with van der Waals surface area (Å²) in [5, 5.41) is 14.1. The number of aliphatic hydroxyl groups excluding tert-OH is 1. The highest BCUT2D eigenvalue weighted by Crippen LogP contribution is 2.18. The zero-order valence-electron chi connectivity index (χ0n) is 17.3. The van der Waals surface area contributed by atoms with E-state index >= 15 is 0 Å². The maximum atomic E-state index is 12.6. The maximum Gasteiger partial charge on any atom is 0.253 e. The fourth-order valence-corrected chi connectivity index (χ4v) is 3.32. The summed E-state index contributed by atoms with van der Waals surface area (Å²) in [6.07, 6.45) is 1.58. The molecule has 0 spiro atoms. The zero-order chi connectivity index (χ0) is 20.7. The Hall–Kier alpha value is -1.96. The summed E-state index contributed by atoms with van der Waals surface area (Å²) in [6, 6.07) is 6.05. The van der Waals surface area contributed by atoms with E-state index in [1.54, 1.807) is 0 Å². The molecule has 0 amide bonds. The topological polar surface area (TPSA) is 71.6 Å². The molecule has 1 aromatic carbocycles. The van der Waals surface area contributed by atoms with Gasteiger partial charge in [0, 0.05) is 30.8 Å². The van der Waals surface area contributed by atoms with Crippen LogP contribution in [0.2, 0.25) is 0 Å². The Morgan fingerprint density at radius 3 is 2.54 bits per heavy atom. The van der Waals surface area contributed by atoms with Crippen molar-refractivity contribution in [3.8, 4) is 0 Å². The fraction of sp³-hybridized carbons (Fsp3) is 0.524. The van der Waals surface area contributed by atoms with Gasteiger partial charge in [-0.15, -0.1) is 0 Å². The van der Waals surface area contributed by atoms with Gasteiger partial charge in [0.25, 0.3) is 5.56 Å². The summed E-state index contributed by atoms with van der Waals surface area (Å²) < 4.78 is 0.